The largest absolute Gasteiger partial charge is 0.391 e. The number of rotatable bonds is 10. The lowest BCUT2D eigenvalue weighted by Gasteiger charge is -2.23. The Balaban J connectivity index is 4.74. The number of nitrogens with one attached hydrogen (secondary N) is 2. The van der Waals surface area contributed by atoms with Gasteiger partial charge < -0.3 is 20.8 Å². The lowest BCUT2D eigenvalue weighted by Crippen LogP contribution is -2.45. The summed E-state index contributed by atoms with van der Waals surface area (Å²) in [7, 11) is 0. The second kappa shape index (κ2) is 9.68. The minimum atomic E-state index is -1.16. The third-order valence-electron chi connectivity index (χ3n) is 3.60. The highest BCUT2D eigenvalue weighted by Crippen LogP contribution is 2.16. The number of aliphatic hydroxyl groups is 2. The van der Waals surface area contributed by atoms with E-state index < -0.39 is 23.3 Å². The van der Waals surface area contributed by atoms with E-state index in [4.69, 9.17) is 0 Å². The van der Waals surface area contributed by atoms with Gasteiger partial charge in [0, 0.05) is 13.1 Å². The van der Waals surface area contributed by atoms with Crippen LogP contribution in [0.5, 0.6) is 0 Å². The number of aliphatic hydroxyl groups excluding tert-OH is 2. The van der Waals surface area contributed by atoms with E-state index in [0.717, 1.165) is 0 Å². The van der Waals surface area contributed by atoms with Crippen molar-refractivity contribution >= 4 is 11.8 Å². The summed E-state index contributed by atoms with van der Waals surface area (Å²) >= 11 is 0. The molecular formula is C16H32N4O4. The topological polar surface area (TPSA) is 123 Å². The number of hydrogen-bond donors (Lipinski definition) is 4. The monoisotopic (exact) mass is 344 g/mol. The minimum Gasteiger partial charge on any atom is -0.391 e. The standard InChI is InChI=1S/C16H32N4O4/c1-7-11(21)9-17-13(23)15(3,4)19-20-16(5,6)14(24)18-10-12(22)8-2/h11-12,21-22H,7-10H2,1-6H3,(H,17,23)(H,18,24). The summed E-state index contributed by atoms with van der Waals surface area (Å²) in [6.07, 6.45) is -0.124. The Hall–Kier alpha value is -1.54. The van der Waals surface area contributed by atoms with Crippen LogP contribution in [-0.2, 0) is 9.59 Å². The van der Waals surface area contributed by atoms with E-state index in [9.17, 15) is 19.8 Å². The molecule has 140 valence electrons. The molecule has 0 aliphatic carbocycles. The van der Waals surface area contributed by atoms with Gasteiger partial charge in [-0.15, -0.1) is 0 Å². The molecular weight excluding hydrogens is 312 g/mol. The first-order chi connectivity index (χ1) is 11.0. The lowest BCUT2D eigenvalue weighted by molar-refractivity contribution is -0.127. The highest BCUT2D eigenvalue weighted by atomic mass is 16.3. The summed E-state index contributed by atoms with van der Waals surface area (Å²) in [5.74, 6) is -0.757. The van der Waals surface area contributed by atoms with Crippen LogP contribution in [0.15, 0.2) is 10.2 Å². The molecule has 0 aromatic heterocycles. The van der Waals surface area contributed by atoms with Crippen LogP contribution in [0.25, 0.3) is 0 Å². The van der Waals surface area contributed by atoms with E-state index in [2.05, 4.69) is 20.9 Å². The van der Waals surface area contributed by atoms with Crippen LogP contribution in [0.3, 0.4) is 0 Å². The number of carbonyl (C=O) groups excluding carboxylic acids is 2. The molecule has 0 aliphatic heterocycles. The van der Waals surface area contributed by atoms with Gasteiger partial charge in [0.2, 0.25) is 11.8 Å². The van der Waals surface area contributed by atoms with E-state index in [1.165, 1.54) is 0 Å². The molecule has 0 saturated carbocycles. The molecule has 0 radical (unpaired) electrons. The van der Waals surface area contributed by atoms with Crippen molar-refractivity contribution < 1.29 is 19.8 Å². The first-order valence-electron chi connectivity index (χ1n) is 8.33. The van der Waals surface area contributed by atoms with E-state index >= 15 is 0 Å². The average Bonchev–Trinajstić information content (AvgIpc) is 2.54. The summed E-state index contributed by atoms with van der Waals surface area (Å²) < 4.78 is 0. The van der Waals surface area contributed by atoms with Gasteiger partial charge in [0.25, 0.3) is 0 Å². The van der Waals surface area contributed by atoms with Gasteiger partial charge >= 0.3 is 0 Å². The fraction of sp³-hybridized carbons (Fsp3) is 0.875. The van der Waals surface area contributed by atoms with Crippen LogP contribution in [-0.4, -0.2) is 58.4 Å². The van der Waals surface area contributed by atoms with Gasteiger partial charge in [0.15, 0.2) is 11.1 Å². The fourth-order valence-electron chi connectivity index (χ4n) is 1.48. The summed E-state index contributed by atoms with van der Waals surface area (Å²) in [4.78, 5) is 24.2. The summed E-state index contributed by atoms with van der Waals surface area (Å²) in [6.45, 7) is 10.3. The molecule has 0 aromatic carbocycles. The maximum Gasteiger partial charge on any atom is 0.249 e. The van der Waals surface area contributed by atoms with Crippen molar-refractivity contribution in [2.45, 2.75) is 77.7 Å². The first-order valence-corrected chi connectivity index (χ1v) is 8.33. The first kappa shape index (κ1) is 22.5. The maximum absolute atomic E-state index is 12.1. The van der Waals surface area contributed by atoms with E-state index in [1.807, 2.05) is 13.8 Å². The van der Waals surface area contributed by atoms with Crippen molar-refractivity contribution in [2.75, 3.05) is 13.1 Å². The number of nitrogens with zero attached hydrogens (tertiary/aromatic N) is 2. The molecule has 0 saturated heterocycles. The molecule has 0 heterocycles. The summed E-state index contributed by atoms with van der Waals surface area (Å²) in [5.41, 5.74) is -2.32. The average molecular weight is 344 g/mol. The van der Waals surface area contributed by atoms with Gasteiger partial charge in [0.05, 0.1) is 12.2 Å². The molecule has 2 atom stereocenters. The molecule has 24 heavy (non-hydrogen) atoms. The zero-order valence-corrected chi connectivity index (χ0v) is 15.6. The number of azo groups is 1. The van der Waals surface area contributed by atoms with Crippen molar-refractivity contribution in [2.24, 2.45) is 10.2 Å². The molecule has 0 aromatic rings. The normalized spacial score (nSPS) is 15.2. The van der Waals surface area contributed by atoms with E-state index in [1.54, 1.807) is 27.7 Å². The van der Waals surface area contributed by atoms with E-state index in [0.29, 0.717) is 12.8 Å². The van der Waals surface area contributed by atoms with Crippen LogP contribution in [0.2, 0.25) is 0 Å². The van der Waals surface area contributed by atoms with E-state index in [-0.39, 0.29) is 24.9 Å². The van der Waals surface area contributed by atoms with Crippen molar-refractivity contribution in [3.05, 3.63) is 0 Å². The molecule has 2 unspecified atom stereocenters. The smallest absolute Gasteiger partial charge is 0.249 e. The third-order valence-corrected chi connectivity index (χ3v) is 3.60. The highest BCUT2D eigenvalue weighted by Gasteiger charge is 2.32. The lowest BCUT2D eigenvalue weighted by atomic mass is 10.0. The maximum atomic E-state index is 12.1. The quantitative estimate of drug-likeness (QED) is 0.437. The van der Waals surface area contributed by atoms with Gasteiger partial charge in [-0.05, 0) is 40.5 Å². The summed E-state index contributed by atoms with van der Waals surface area (Å²) in [6, 6.07) is 0. The molecule has 0 bridgehead atoms. The second-order valence-electron chi connectivity index (χ2n) is 6.86. The Labute approximate surface area is 144 Å². The zero-order valence-electron chi connectivity index (χ0n) is 15.6. The molecule has 0 spiro atoms. The Kier molecular flexibility index (Phi) is 9.06. The van der Waals surface area contributed by atoms with Crippen LogP contribution >= 0.6 is 0 Å². The molecule has 0 rings (SSSR count). The number of carbonyl (C=O) groups is 2. The molecule has 8 nitrogen and oxygen atoms in total. The minimum absolute atomic E-state index is 0.146. The Morgan fingerprint density at radius 1 is 0.833 bits per heavy atom. The van der Waals surface area contributed by atoms with Gasteiger partial charge in [-0.25, -0.2) is 0 Å². The fourth-order valence-corrected chi connectivity index (χ4v) is 1.48. The van der Waals surface area contributed by atoms with Gasteiger partial charge in [-0.1, -0.05) is 13.8 Å². The predicted octanol–water partition coefficient (Wildman–Crippen LogP) is 0.770. The molecule has 2 amide bonds. The highest BCUT2D eigenvalue weighted by molar-refractivity contribution is 5.86. The van der Waals surface area contributed by atoms with Crippen molar-refractivity contribution in [3.63, 3.8) is 0 Å². The number of hydrogen-bond acceptors (Lipinski definition) is 6. The molecule has 4 N–H and O–H groups in total. The summed E-state index contributed by atoms with van der Waals surface area (Å²) in [5, 5.41) is 32.2. The Bertz CT molecular complexity index is 409. The van der Waals surface area contributed by atoms with Crippen molar-refractivity contribution in [1.29, 1.82) is 0 Å². The van der Waals surface area contributed by atoms with Crippen molar-refractivity contribution in [3.8, 4) is 0 Å². The van der Waals surface area contributed by atoms with Crippen LogP contribution in [0.1, 0.15) is 54.4 Å². The van der Waals surface area contributed by atoms with Crippen molar-refractivity contribution in [1.82, 2.24) is 10.6 Å². The molecule has 0 fully saturated rings. The predicted molar refractivity (Wildman–Crippen MR) is 91.6 cm³/mol. The van der Waals surface area contributed by atoms with Gasteiger partial charge in [-0.2, -0.15) is 10.2 Å². The zero-order chi connectivity index (χ0) is 19.0. The molecule has 8 heteroatoms. The Morgan fingerprint density at radius 3 is 1.38 bits per heavy atom. The Morgan fingerprint density at radius 2 is 1.12 bits per heavy atom. The van der Waals surface area contributed by atoms with Gasteiger partial charge in [-0.3, -0.25) is 9.59 Å². The number of amides is 2. The second-order valence-corrected chi connectivity index (χ2v) is 6.86. The van der Waals surface area contributed by atoms with Crippen LogP contribution in [0, 0.1) is 0 Å². The third kappa shape index (κ3) is 7.83. The van der Waals surface area contributed by atoms with Crippen LogP contribution in [0.4, 0.5) is 0 Å². The molecule has 0 aliphatic rings. The van der Waals surface area contributed by atoms with Gasteiger partial charge in [0.1, 0.15) is 0 Å². The van der Waals surface area contributed by atoms with Crippen LogP contribution < -0.4 is 10.6 Å². The SMILES string of the molecule is CCC(O)CNC(=O)C(C)(C)N=NC(C)(C)C(=O)NCC(O)CC.